The Kier molecular flexibility index (Phi) is 1.88. The highest BCUT2D eigenvalue weighted by Crippen LogP contribution is 2.65. The Morgan fingerprint density at radius 2 is 2.07 bits per heavy atom. The molecular weight excluding hydrogens is 189 g/mol. The summed E-state index contributed by atoms with van der Waals surface area (Å²) in [5.74, 6) is 1.46. The van der Waals surface area contributed by atoms with E-state index >= 15 is 0 Å². The maximum absolute atomic E-state index is 6.04. The summed E-state index contributed by atoms with van der Waals surface area (Å²) in [6, 6.07) is 0. The summed E-state index contributed by atoms with van der Waals surface area (Å²) in [5, 5.41) is 0. The minimum absolute atomic E-state index is 0.0811. The van der Waals surface area contributed by atoms with Gasteiger partial charge in [-0.2, -0.15) is 0 Å². The van der Waals surface area contributed by atoms with Gasteiger partial charge in [0.2, 0.25) is 0 Å². The van der Waals surface area contributed by atoms with Crippen LogP contribution in [0, 0.1) is 17.3 Å². The van der Waals surface area contributed by atoms with Crippen LogP contribution in [0.3, 0.4) is 0 Å². The maximum Gasteiger partial charge on any atom is 0.472 e. The predicted molar refractivity (Wildman–Crippen MR) is 59.2 cm³/mol. The Morgan fingerprint density at radius 1 is 1.33 bits per heavy atom. The van der Waals surface area contributed by atoms with E-state index in [9.17, 15) is 0 Å². The van der Waals surface area contributed by atoms with Crippen molar-refractivity contribution in [2.24, 2.45) is 23.0 Å². The second kappa shape index (κ2) is 2.79. The first-order valence-corrected chi connectivity index (χ1v) is 6.02. The number of hydrogen-bond acceptors (Lipinski definition) is 3. The van der Waals surface area contributed by atoms with Gasteiger partial charge in [-0.3, -0.25) is 0 Å². The van der Waals surface area contributed by atoms with Gasteiger partial charge in [0, 0.05) is 6.44 Å². The van der Waals surface area contributed by atoms with Crippen LogP contribution in [0.2, 0.25) is 0 Å². The first-order chi connectivity index (χ1) is 6.98. The highest BCUT2D eigenvalue weighted by Gasteiger charge is 2.67. The quantitative estimate of drug-likeness (QED) is 0.660. The van der Waals surface area contributed by atoms with E-state index in [0.717, 1.165) is 12.3 Å². The molecule has 0 radical (unpaired) electrons. The zero-order valence-electron chi connectivity index (χ0n) is 9.82. The fraction of sp³-hybridized carbons (Fsp3) is 1.00. The van der Waals surface area contributed by atoms with Crippen LogP contribution in [0.5, 0.6) is 0 Å². The van der Waals surface area contributed by atoms with Crippen molar-refractivity contribution in [1.82, 2.24) is 0 Å². The summed E-state index contributed by atoms with van der Waals surface area (Å²) >= 11 is 0. The van der Waals surface area contributed by atoms with Gasteiger partial charge in [0.05, 0.1) is 11.7 Å². The van der Waals surface area contributed by atoms with Crippen molar-refractivity contribution in [2.45, 2.75) is 45.3 Å². The Balaban J connectivity index is 1.89. The third-order valence-electron chi connectivity index (χ3n) is 5.19. The van der Waals surface area contributed by atoms with Crippen molar-refractivity contribution < 1.29 is 9.31 Å². The molecule has 4 rings (SSSR count). The summed E-state index contributed by atoms with van der Waals surface area (Å²) in [5.41, 5.74) is 5.97. The minimum Gasteiger partial charge on any atom is -0.405 e. The maximum atomic E-state index is 6.04. The van der Waals surface area contributed by atoms with Crippen LogP contribution in [0.25, 0.3) is 0 Å². The van der Waals surface area contributed by atoms with E-state index in [4.69, 9.17) is 15.0 Å². The molecule has 15 heavy (non-hydrogen) atoms. The van der Waals surface area contributed by atoms with Gasteiger partial charge in [-0.1, -0.05) is 13.8 Å². The zero-order valence-corrected chi connectivity index (χ0v) is 9.82. The summed E-state index contributed by atoms with van der Waals surface area (Å²) < 4.78 is 11.9. The second-order valence-corrected chi connectivity index (χ2v) is 6.13. The van der Waals surface area contributed by atoms with Gasteiger partial charge >= 0.3 is 7.12 Å². The average Bonchev–Trinajstić information content (AvgIpc) is 2.53. The molecule has 3 nitrogen and oxygen atoms in total. The summed E-state index contributed by atoms with van der Waals surface area (Å²) in [6.07, 6.45) is 3.21. The van der Waals surface area contributed by atoms with E-state index in [-0.39, 0.29) is 18.8 Å². The van der Waals surface area contributed by atoms with Crippen LogP contribution in [-0.2, 0) is 9.31 Å². The minimum atomic E-state index is -0.171. The number of nitrogens with two attached hydrogens (primary N) is 1. The van der Waals surface area contributed by atoms with Gasteiger partial charge in [-0.25, -0.2) is 0 Å². The Labute approximate surface area is 91.8 Å². The predicted octanol–water partition coefficient (Wildman–Crippen LogP) is 1.21. The molecule has 0 aromatic rings. The van der Waals surface area contributed by atoms with Gasteiger partial charge in [-0.05, 0) is 37.0 Å². The Morgan fingerprint density at radius 3 is 2.67 bits per heavy atom. The average molecular weight is 209 g/mol. The van der Waals surface area contributed by atoms with Crippen molar-refractivity contribution in [1.29, 1.82) is 0 Å². The van der Waals surface area contributed by atoms with Crippen molar-refractivity contribution >= 4 is 7.12 Å². The molecule has 0 spiro atoms. The molecule has 4 atom stereocenters. The van der Waals surface area contributed by atoms with Gasteiger partial charge in [-0.15, -0.1) is 0 Å². The first-order valence-electron chi connectivity index (χ1n) is 6.02. The lowest BCUT2D eigenvalue weighted by atomic mass is 9.43. The third-order valence-corrected chi connectivity index (χ3v) is 5.19. The SMILES string of the molecule is CC1(C)[C@@H]2C[C@H]1[C@]1(C)OB(CN)O[C@@H]1C2. The topological polar surface area (TPSA) is 44.5 Å². The lowest BCUT2D eigenvalue weighted by molar-refractivity contribution is -0.199. The summed E-state index contributed by atoms with van der Waals surface area (Å²) in [4.78, 5) is 0. The molecule has 1 aliphatic heterocycles. The highest BCUT2D eigenvalue weighted by atomic mass is 16.7. The van der Waals surface area contributed by atoms with Crippen molar-refractivity contribution in [2.75, 3.05) is 6.44 Å². The van der Waals surface area contributed by atoms with E-state index in [2.05, 4.69) is 20.8 Å². The molecular formula is C11H20BNO2. The van der Waals surface area contributed by atoms with E-state index in [1.54, 1.807) is 0 Å². The zero-order chi connectivity index (χ0) is 10.8. The molecule has 1 heterocycles. The highest BCUT2D eigenvalue weighted by molar-refractivity contribution is 6.45. The molecule has 0 aromatic heterocycles. The van der Waals surface area contributed by atoms with Crippen LogP contribution < -0.4 is 5.73 Å². The number of hydrogen-bond donors (Lipinski definition) is 1. The monoisotopic (exact) mass is 209 g/mol. The van der Waals surface area contributed by atoms with Gasteiger partial charge in [0.1, 0.15) is 0 Å². The Hall–Kier alpha value is -0.0551. The van der Waals surface area contributed by atoms with E-state index in [0.29, 0.717) is 17.8 Å². The van der Waals surface area contributed by atoms with E-state index in [1.807, 2.05) is 0 Å². The molecule has 4 aliphatic rings. The van der Waals surface area contributed by atoms with Crippen LogP contribution in [0.1, 0.15) is 33.6 Å². The van der Waals surface area contributed by atoms with Crippen LogP contribution in [0.4, 0.5) is 0 Å². The van der Waals surface area contributed by atoms with Gasteiger partial charge in [0.25, 0.3) is 0 Å². The molecule has 0 aromatic carbocycles. The van der Waals surface area contributed by atoms with E-state index < -0.39 is 0 Å². The van der Waals surface area contributed by atoms with Crippen LogP contribution >= 0.6 is 0 Å². The largest absolute Gasteiger partial charge is 0.472 e. The lowest BCUT2D eigenvalue weighted by Crippen LogP contribution is -2.65. The lowest BCUT2D eigenvalue weighted by Gasteiger charge is -2.64. The normalized spacial score (nSPS) is 51.2. The molecule has 0 amide bonds. The molecule has 84 valence electrons. The molecule has 3 aliphatic carbocycles. The van der Waals surface area contributed by atoms with E-state index in [1.165, 1.54) is 6.42 Å². The first kappa shape index (κ1) is 10.1. The number of rotatable bonds is 1. The smallest absolute Gasteiger partial charge is 0.405 e. The van der Waals surface area contributed by atoms with Crippen molar-refractivity contribution in [3.8, 4) is 0 Å². The standard InChI is InChI=1S/C11H20BNO2/c1-10(2)7-4-8(10)11(3)9(5-7)14-12(6-13)15-11/h7-9H,4-6,13H2,1-3H3/t7-,8-,9-,11+/m1/s1. The van der Waals surface area contributed by atoms with Crippen LogP contribution in [0.15, 0.2) is 0 Å². The fourth-order valence-corrected chi connectivity index (χ4v) is 4.05. The molecule has 3 saturated carbocycles. The van der Waals surface area contributed by atoms with Crippen molar-refractivity contribution in [3.05, 3.63) is 0 Å². The molecule has 4 heteroatoms. The summed E-state index contributed by atoms with van der Waals surface area (Å²) in [6.45, 7) is 6.95. The van der Waals surface area contributed by atoms with Crippen molar-refractivity contribution in [3.63, 3.8) is 0 Å². The fourth-order valence-electron chi connectivity index (χ4n) is 4.05. The van der Waals surface area contributed by atoms with Gasteiger partial charge < -0.3 is 15.0 Å². The molecule has 4 fully saturated rings. The third kappa shape index (κ3) is 1.08. The molecule has 2 N–H and O–H groups in total. The van der Waals surface area contributed by atoms with Gasteiger partial charge in [0.15, 0.2) is 0 Å². The summed E-state index contributed by atoms with van der Waals surface area (Å²) in [7, 11) is -0.171. The molecule has 2 bridgehead atoms. The Bertz CT molecular complexity index is 296. The molecule has 0 unspecified atom stereocenters. The van der Waals surface area contributed by atoms with Crippen LogP contribution in [-0.4, -0.2) is 25.3 Å². The second-order valence-electron chi connectivity index (χ2n) is 6.13. The molecule has 1 saturated heterocycles.